The SMILES string of the molecule is CC(C)n1nccc1C(=O)Nc1ccc(I)c(N)n1. The number of amides is 1. The molecule has 0 aliphatic heterocycles. The topological polar surface area (TPSA) is 85.8 Å². The molecular formula is C12H14IN5O. The Bertz CT molecular complexity index is 608. The molecule has 0 bridgehead atoms. The Kier molecular flexibility index (Phi) is 4.03. The fraction of sp³-hybridized carbons (Fsp3) is 0.250. The Morgan fingerprint density at radius 1 is 1.42 bits per heavy atom. The van der Waals surface area contributed by atoms with Gasteiger partial charge >= 0.3 is 0 Å². The van der Waals surface area contributed by atoms with E-state index in [1.54, 1.807) is 29.1 Å². The van der Waals surface area contributed by atoms with Gasteiger partial charge in [-0.2, -0.15) is 5.10 Å². The van der Waals surface area contributed by atoms with Crippen LogP contribution in [0.15, 0.2) is 24.4 Å². The molecule has 7 heteroatoms. The Morgan fingerprint density at radius 2 is 2.16 bits per heavy atom. The quantitative estimate of drug-likeness (QED) is 0.811. The van der Waals surface area contributed by atoms with Crippen molar-refractivity contribution < 1.29 is 4.79 Å². The van der Waals surface area contributed by atoms with Gasteiger partial charge in [0.2, 0.25) is 0 Å². The van der Waals surface area contributed by atoms with Crippen molar-refractivity contribution in [3.63, 3.8) is 0 Å². The van der Waals surface area contributed by atoms with Crippen LogP contribution >= 0.6 is 22.6 Å². The summed E-state index contributed by atoms with van der Waals surface area (Å²) in [5.41, 5.74) is 6.20. The van der Waals surface area contributed by atoms with E-state index in [0.717, 1.165) is 3.57 Å². The molecule has 0 spiro atoms. The highest BCUT2D eigenvalue weighted by Crippen LogP contribution is 2.16. The normalized spacial score (nSPS) is 10.7. The number of hydrogen-bond donors (Lipinski definition) is 2. The molecule has 0 aromatic carbocycles. The summed E-state index contributed by atoms with van der Waals surface area (Å²) in [5.74, 6) is 0.578. The maximum Gasteiger partial charge on any atom is 0.275 e. The van der Waals surface area contributed by atoms with E-state index in [1.807, 2.05) is 13.8 Å². The Labute approximate surface area is 124 Å². The number of carbonyl (C=O) groups is 1. The minimum atomic E-state index is -0.251. The maximum atomic E-state index is 12.1. The number of halogens is 1. The monoisotopic (exact) mass is 371 g/mol. The first-order chi connectivity index (χ1) is 8.99. The Hall–Kier alpha value is -1.64. The zero-order valence-electron chi connectivity index (χ0n) is 10.6. The third-order valence-electron chi connectivity index (χ3n) is 2.51. The number of anilines is 2. The summed E-state index contributed by atoms with van der Waals surface area (Å²) in [7, 11) is 0. The Morgan fingerprint density at radius 3 is 2.79 bits per heavy atom. The first kappa shape index (κ1) is 13.8. The van der Waals surface area contributed by atoms with Crippen molar-refractivity contribution >= 4 is 40.1 Å². The molecule has 0 saturated heterocycles. The van der Waals surface area contributed by atoms with Crippen molar-refractivity contribution in [2.75, 3.05) is 11.1 Å². The summed E-state index contributed by atoms with van der Waals surface area (Å²) in [6.45, 7) is 3.93. The molecule has 0 fully saturated rings. The van der Waals surface area contributed by atoms with Crippen LogP contribution in [0.5, 0.6) is 0 Å². The number of aromatic nitrogens is 3. The lowest BCUT2D eigenvalue weighted by Crippen LogP contribution is -2.19. The molecule has 6 nitrogen and oxygen atoms in total. The van der Waals surface area contributed by atoms with Gasteiger partial charge in [-0.05, 0) is 54.6 Å². The lowest BCUT2D eigenvalue weighted by atomic mass is 10.3. The van der Waals surface area contributed by atoms with Crippen LogP contribution in [-0.4, -0.2) is 20.7 Å². The van der Waals surface area contributed by atoms with E-state index in [9.17, 15) is 4.79 Å². The van der Waals surface area contributed by atoms with E-state index in [-0.39, 0.29) is 11.9 Å². The summed E-state index contributed by atoms with van der Waals surface area (Å²) in [6.07, 6.45) is 1.60. The standard InChI is InChI=1S/C12H14IN5O/c1-7(2)18-9(5-6-15-18)12(19)17-10-4-3-8(13)11(14)16-10/h3-7H,1-2H3,(H3,14,16,17,19). The maximum absolute atomic E-state index is 12.1. The van der Waals surface area contributed by atoms with Crippen molar-refractivity contribution in [3.8, 4) is 0 Å². The van der Waals surface area contributed by atoms with E-state index in [0.29, 0.717) is 17.3 Å². The second kappa shape index (κ2) is 5.55. The zero-order valence-corrected chi connectivity index (χ0v) is 12.7. The summed E-state index contributed by atoms with van der Waals surface area (Å²) in [6, 6.07) is 5.31. The van der Waals surface area contributed by atoms with Crippen LogP contribution in [0, 0.1) is 3.57 Å². The average molecular weight is 371 g/mol. The summed E-state index contributed by atoms with van der Waals surface area (Å²) in [5, 5.41) is 6.83. The highest BCUT2D eigenvalue weighted by Gasteiger charge is 2.14. The molecule has 1 amide bonds. The average Bonchev–Trinajstić information content (AvgIpc) is 2.83. The number of nitrogens with two attached hydrogens (primary N) is 1. The third-order valence-corrected chi connectivity index (χ3v) is 3.42. The van der Waals surface area contributed by atoms with E-state index in [4.69, 9.17) is 5.73 Å². The molecule has 2 aromatic rings. The Balaban J connectivity index is 2.21. The second-order valence-corrected chi connectivity index (χ2v) is 5.43. The molecule has 0 saturated carbocycles. The first-order valence-corrected chi connectivity index (χ1v) is 6.84. The lowest BCUT2D eigenvalue weighted by Gasteiger charge is -2.11. The summed E-state index contributed by atoms with van der Waals surface area (Å²) >= 11 is 2.08. The number of hydrogen-bond acceptors (Lipinski definition) is 4. The van der Waals surface area contributed by atoms with Gasteiger partial charge in [-0.25, -0.2) is 4.98 Å². The minimum absolute atomic E-state index is 0.116. The van der Waals surface area contributed by atoms with E-state index in [1.165, 1.54) is 0 Å². The molecule has 0 aliphatic carbocycles. The molecule has 0 atom stereocenters. The van der Waals surface area contributed by atoms with Crippen LogP contribution in [0.2, 0.25) is 0 Å². The zero-order chi connectivity index (χ0) is 14.0. The molecule has 2 aromatic heterocycles. The molecule has 2 heterocycles. The molecule has 0 aliphatic rings. The number of nitrogen functional groups attached to an aromatic ring is 1. The minimum Gasteiger partial charge on any atom is -0.383 e. The third kappa shape index (κ3) is 3.03. The predicted octanol–water partition coefficient (Wildman–Crippen LogP) is 2.30. The van der Waals surface area contributed by atoms with Gasteiger partial charge in [-0.1, -0.05) is 0 Å². The van der Waals surface area contributed by atoms with Crippen LogP contribution in [0.4, 0.5) is 11.6 Å². The fourth-order valence-electron chi connectivity index (χ4n) is 1.61. The van der Waals surface area contributed by atoms with Crippen LogP contribution in [0.3, 0.4) is 0 Å². The molecule has 19 heavy (non-hydrogen) atoms. The molecule has 0 radical (unpaired) electrons. The van der Waals surface area contributed by atoms with Crippen LogP contribution < -0.4 is 11.1 Å². The molecule has 0 unspecified atom stereocenters. The van der Waals surface area contributed by atoms with Crippen molar-refractivity contribution in [2.24, 2.45) is 0 Å². The second-order valence-electron chi connectivity index (χ2n) is 4.27. The smallest absolute Gasteiger partial charge is 0.275 e. The highest BCUT2D eigenvalue weighted by atomic mass is 127. The van der Waals surface area contributed by atoms with E-state index >= 15 is 0 Å². The lowest BCUT2D eigenvalue weighted by molar-refractivity contribution is 0.101. The molecule has 3 N–H and O–H groups in total. The van der Waals surface area contributed by atoms with Crippen LogP contribution in [0.1, 0.15) is 30.4 Å². The summed E-state index contributed by atoms with van der Waals surface area (Å²) < 4.78 is 2.51. The van der Waals surface area contributed by atoms with Gasteiger partial charge < -0.3 is 11.1 Å². The molecule has 2 rings (SSSR count). The number of rotatable bonds is 3. The molecule has 100 valence electrons. The van der Waals surface area contributed by atoms with Gasteiger partial charge in [0, 0.05) is 12.2 Å². The summed E-state index contributed by atoms with van der Waals surface area (Å²) in [4.78, 5) is 16.2. The van der Waals surface area contributed by atoms with Crippen molar-refractivity contribution in [3.05, 3.63) is 33.7 Å². The number of carbonyl (C=O) groups excluding carboxylic acids is 1. The first-order valence-electron chi connectivity index (χ1n) is 5.76. The van der Waals surface area contributed by atoms with Crippen LogP contribution in [0.25, 0.3) is 0 Å². The number of nitrogens with zero attached hydrogens (tertiary/aromatic N) is 3. The number of nitrogens with one attached hydrogen (secondary N) is 1. The van der Waals surface area contributed by atoms with Crippen LogP contribution in [-0.2, 0) is 0 Å². The van der Waals surface area contributed by atoms with Crippen molar-refractivity contribution in [1.29, 1.82) is 0 Å². The van der Waals surface area contributed by atoms with Crippen molar-refractivity contribution in [2.45, 2.75) is 19.9 Å². The van der Waals surface area contributed by atoms with Gasteiger partial charge in [0.25, 0.3) is 5.91 Å². The van der Waals surface area contributed by atoms with Gasteiger partial charge in [0.1, 0.15) is 17.3 Å². The van der Waals surface area contributed by atoms with E-state index < -0.39 is 0 Å². The predicted molar refractivity (Wildman–Crippen MR) is 81.9 cm³/mol. The highest BCUT2D eigenvalue weighted by molar-refractivity contribution is 14.1. The largest absolute Gasteiger partial charge is 0.383 e. The van der Waals surface area contributed by atoms with E-state index in [2.05, 4.69) is 38.0 Å². The van der Waals surface area contributed by atoms with Gasteiger partial charge in [-0.15, -0.1) is 0 Å². The number of pyridine rings is 1. The van der Waals surface area contributed by atoms with Gasteiger partial charge in [0.05, 0.1) is 3.57 Å². The van der Waals surface area contributed by atoms with Crippen molar-refractivity contribution in [1.82, 2.24) is 14.8 Å². The van der Waals surface area contributed by atoms with Gasteiger partial charge in [-0.3, -0.25) is 9.48 Å². The molecular weight excluding hydrogens is 357 g/mol. The fourth-order valence-corrected chi connectivity index (χ4v) is 1.91. The van der Waals surface area contributed by atoms with Gasteiger partial charge in [0.15, 0.2) is 0 Å².